The van der Waals surface area contributed by atoms with E-state index in [9.17, 15) is 0 Å². The van der Waals surface area contributed by atoms with E-state index in [2.05, 4.69) is 63.5 Å². The summed E-state index contributed by atoms with van der Waals surface area (Å²) in [5.74, 6) is 1.08. The molecule has 2 rings (SSSR count). The molecule has 0 amide bonds. The Morgan fingerprint density at radius 1 is 1.28 bits per heavy atom. The van der Waals surface area contributed by atoms with Crippen molar-refractivity contribution in [2.45, 2.75) is 18.4 Å². The zero-order chi connectivity index (χ0) is 12.8. The van der Waals surface area contributed by atoms with Crippen LogP contribution in [0.1, 0.15) is 12.5 Å². The Labute approximate surface area is 120 Å². The number of nitrogens with one attached hydrogen (secondary N) is 1. The van der Waals surface area contributed by atoms with E-state index < -0.39 is 0 Å². The van der Waals surface area contributed by atoms with E-state index in [1.165, 1.54) is 16.1 Å². The van der Waals surface area contributed by atoms with Gasteiger partial charge < -0.3 is 5.32 Å². The summed E-state index contributed by atoms with van der Waals surface area (Å²) in [6, 6.07) is 10.5. The van der Waals surface area contributed by atoms with E-state index in [0.717, 1.165) is 16.8 Å². The van der Waals surface area contributed by atoms with Crippen LogP contribution in [0.15, 0.2) is 52.1 Å². The molecule has 1 N–H and O–H groups in total. The molecule has 0 aliphatic rings. The van der Waals surface area contributed by atoms with E-state index in [1.807, 2.05) is 18.0 Å². The van der Waals surface area contributed by atoms with Crippen LogP contribution < -0.4 is 5.32 Å². The zero-order valence-electron chi connectivity index (χ0n) is 10.2. The van der Waals surface area contributed by atoms with Gasteiger partial charge in [0.2, 0.25) is 0 Å². The number of benzene rings is 1. The van der Waals surface area contributed by atoms with Crippen molar-refractivity contribution in [3.8, 4) is 0 Å². The number of para-hydroxylation sites is 1. The van der Waals surface area contributed by atoms with E-state index in [-0.39, 0.29) is 0 Å². The molecular formula is C14H15BrN2S. The van der Waals surface area contributed by atoms with Crippen LogP contribution in [0.4, 0.5) is 5.69 Å². The highest BCUT2D eigenvalue weighted by molar-refractivity contribution is 9.10. The van der Waals surface area contributed by atoms with Crippen molar-refractivity contribution in [2.24, 2.45) is 0 Å². The molecule has 1 heterocycles. The van der Waals surface area contributed by atoms with Crippen molar-refractivity contribution in [3.63, 3.8) is 0 Å². The maximum atomic E-state index is 4.16. The Kier molecular flexibility index (Phi) is 5.08. The van der Waals surface area contributed by atoms with E-state index in [4.69, 9.17) is 0 Å². The van der Waals surface area contributed by atoms with E-state index >= 15 is 0 Å². The second kappa shape index (κ2) is 6.81. The first-order valence-corrected chi connectivity index (χ1v) is 7.62. The van der Waals surface area contributed by atoms with Crippen LogP contribution in [0, 0.1) is 0 Å². The van der Waals surface area contributed by atoms with Gasteiger partial charge in [0, 0.05) is 34.0 Å². The van der Waals surface area contributed by atoms with Crippen molar-refractivity contribution in [2.75, 3.05) is 11.1 Å². The van der Waals surface area contributed by atoms with Gasteiger partial charge in [-0.3, -0.25) is 4.98 Å². The highest BCUT2D eigenvalue weighted by Gasteiger charge is 2.01. The van der Waals surface area contributed by atoms with E-state index in [0.29, 0.717) is 0 Å². The minimum absolute atomic E-state index is 0.785. The molecule has 2 aromatic rings. The predicted molar refractivity (Wildman–Crippen MR) is 82.1 cm³/mol. The Morgan fingerprint density at radius 3 is 2.89 bits per heavy atom. The Bertz CT molecular complexity index is 517. The first-order valence-electron chi connectivity index (χ1n) is 5.84. The number of thioether (sulfide) groups is 1. The molecule has 0 spiro atoms. The van der Waals surface area contributed by atoms with Gasteiger partial charge in [0.25, 0.3) is 0 Å². The highest BCUT2D eigenvalue weighted by atomic mass is 79.9. The van der Waals surface area contributed by atoms with Gasteiger partial charge >= 0.3 is 0 Å². The second-order valence-corrected chi connectivity index (χ2v) is 6.02. The molecule has 0 unspecified atom stereocenters. The number of pyridine rings is 1. The molecular weight excluding hydrogens is 308 g/mol. The molecule has 0 saturated carbocycles. The van der Waals surface area contributed by atoms with Gasteiger partial charge in [0.1, 0.15) is 0 Å². The molecule has 0 saturated heterocycles. The number of anilines is 1. The van der Waals surface area contributed by atoms with Gasteiger partial charge in [-0.25, -0.2) is 0 Å². The Balaban J connectivity index is 2.06. The number of aromatic nitrogens is 1. The molecule has 1 aromatic carbocycles. The first-order chi connectivity index (χ1) is 8.79. The molecule has 0 atom stereocenters. The summed E-state index contributed by atoms with van der Waals surface area (Å²) in [6.45, 7) is 2.95. The number of hydrogen-bond donors (Lipinski definition) is 1. The van der Waals surface area contributed by atoms with Crippen LogP contribution in [-0.2, 0) is 6.54 Å². The fourth-order valence-electron chi connectivity index (χ4n) is 1.64. The molecule has 0 fully saturated rings. The third-order valence-corrected chi connectivity index (χ3v) is 3.82. The topological polar surface area (TPSA) is 24.9 Å². The largest absolute Gasteiger partial charge is 0.380 e. The smallest absolute Gasteiger partial charge is 0.0481 e. The lowest BCUT2D eigenvalue weighted by atomic mass is 10.2. The molecule has 4 heteroatoms. The molecule has 0 aliphatic heterocycles. The average molecular weight is 323 g/mol. The van der Waals surface area contributed by atoms with Crippen LogP contribution in [-0.4, -0.2) is 10.7 Å². The number of nitrogens with zero attached hydrogens (tertiary/aromatic N) is 1. The predicted octanol–water partition coefficient (Wildman–Crippen LogP) is 4.57. The summed E-state index contributed by atoms with van der Waals surface area (Å²) in [7, 11) is 0. The minimum atomic E-state index is 0.785. The normalized spacial score (nSPS) is 10.3. The summed E-state index contributed by atoms with van der Waals surface area (Å²) in [4.78, 5) is 5.46. The lowest BCUT2D eigenvalue weighted by molar-refractivity contribution is 1.09. The van der Waals surface area contributed by atoms with Crippen molar-refractivity contribution in [1.82, 2.24) is 4.98 Å². The molecule has 2 nitrogen and oxygen atoms in total. The summed E-state index contributed by atoms with van der Waals surface area (Å²) in [6.07, 6.45) is 3.68. The van der Waals surface area contributed by atoms with Gasteiger partial charge in [-0.2, -0.15) is 0 Å². The SMILES string of the molecule is CCSc1ccccc1NCc1cncc(Br)c1. The first kappa shape index (κ1) is 13.4. The molecule has 18 heavy (non-hydrogen) atoms. The maximum absolute atomic E-state index is 4.16. The van der Waals surface area contributed by atoms with Crippen LogP contribution in [0.3, 0.4) is 0 Å². The maximum Gasteiger partial charge on any atom is 0.0481 e. The Morgan fingerprint density at radius 2 is 2.11 bits per heavy atom. The van der Waals surface area contributed by atoms with Crippen LogP contribution in [0.5, 0.6) is 0 Å². The van der Waals surface area contributed by atoms with Crippen LogP contribution >= 0.6 is 27.7 Å². The molecule has 0 radical (unpaired) electrons. The van der Waals surface area contributed by atoms with Gasteiger partial charge in [-0.15, -0.1) is 11.8 Å². The van der Waals surface area contributed by atoms with Gasteiger partial charge in [0.15, 0.2) is 0 Å². The highest BCUT2D eigenvalue weighted by Crippen LogP contribution is 2.27. The summed E-state index contributed by atoms with van der Waals surface area (Å²) in [5, 5.41) is 3.46. The Hall–Kier alpha value is -1.00. The monoisotopic (exact) mass is 322 g/mol. The van der Waals surface area contributed by atoms with Gasteiger partial charge in [-0.1, -0.05) is 19.1 Å². The quantitative estimate of drug-likeness (QED) is 0.816. The fraction of sp³-hybridized carbons (Fsp3) is 0.214. The third-order valence-electron chi connectivity index (χ3n) is 2.43. The van der Waals surface area contributed by atoms with Crippen LogP contribution in [0.25, 0.3) is 0 Å². The number of halogens is 1. The molecule has 94 valence electrons. The molecule has 0 bridgehead atoms. The van der Waals surface area contributed by atoms with Crippen molar-refractivity contribution < 1.29 is 0 Å². The lowest BCUT2D eigenvalue weighted by Crippen LogP contribution is -2.01. The summed E-state index contributed by atoms with van der Waals surface area (Å²) >= 11 is 5.29. The molecule has 1 aromatic heterocycles. The number of rotatable bonds is 5. The fourth-order valence-corrected chi connectivity index (χ4v) is 2.84. The van der Waals surface area contributed by atoms with Crippen molar-refractivity contribution >= 4 is 33.4 Å². The van der Waals surface area contributed by atoms with Gasteiger partial charge in [-0.05, 0) is 45.4 Å². The van der Waals surface area contributed by atoms with Crippen molar-refractivity contribution in [1.29, 1.82) is 0 Å². The average Bonchev–Trinajstić information content (AvgIpc) is 2.38. The number of hydrogen-bond acceptors (Lipinski definition) is 3. The molecule has 0 aliphatic carbocycles. The summed E-state index contributed by atoms with van der Waals surface area (Å²) in [5.41, 5.74) is 2.35. The third kappa shape index (κ3) is 3.75. The van der Waals surface area contributed by atoms with Crippen LogP contribution in [0.2, 0.25) is 0 Å². The lowest BCUT2D eigenvalue weighted by Gasteiger charge is -2.11. The summed E-state index contributed by atoms with van der Waals surface area (Å²) < 4.78 is 1.01. The van der Waals surface area contributed by atoms with Gasteiger partial charge in [0.05, 0.1) is 0 Å². The second-order valence-electron chi connectivity index (χ2n) is 3.79. The minimum Gasteiger partial charge on any atom is -0.380 e. The van der Waals surface area contributed by atoms with E-state index in [1.54, 1.807) is 6.20 Å². The zero-order valence-corrected chi connectivity index (χ0v) is 12.6. The standard InChI is InChI=1S/C14H15BrN2S/c1-2-18-14-6-4-3-5-13(14)17-9-11-7-12(15)10-16-8-11/h3-8,10,17H,2,9H2,1H3. The van der Waals surface area contributed by atoms with Crippen molar-refractivity contribution in [3.05, 3.63) is 52.8 Å².